The second-order valence-corrected chi connectivity index (χ2v) is 7.69. The third-order valence-corrected chi connectivity index (χ3v) is 5.29. The minimum atomic E-state index is -0.436. The molecule has 0 fully saturated rings. The number of hydrogen-bond acceptors (Lipinski definition) is 5. The fourth-order valence-corrected chi connectivity index (χ4v) is 3.68. The Kier molecular flexibility index (Phi) is 7.01. The lowest BCUT2D eigenvalue weighted by molar-refractivity contribution is -0.153. The highest BCUT2D eigenvalue weighted by Crippen LogP contribution is 2.30. The molecule has 0 saturated heterocycles. The van der Waals surface area contributed by atoms with Gasteiger partial charge in [-0.3, -0.25) is 9.59 Å². The van der Waals surface area contributed by atoms with Crippen LogP contribution in [0, 0.1) is 5.92 Å². The number of ether oxygens (including phenoxy) is 2. The van der Waals surface area contributed by atoms with E-state index in [1.54, 1.807) is 30.0 Å². The van der Waals surface area contributed by atoms with E-state index < -0.39 is 11.9 Å². The second kappa shape index (κ2) is 9.67. The smallest absolute Gasteiger partial charge is 0.313 e. The minimum absolute atomic E-state index is 0.239. The van der Waals surface area contributed by atoms with Crippen LogP contribution in [0.2, 0.25) is 5.02 Å². The molecule has 2 aromatic rings. The normalized spacial score (nSPS) is 15.4. The van der Waals surface area contributed by atoms with Crippen molar-refractivity contribution in [1.29, 1.82) is 0 Å². The monoisotopic (exact) mass is 405 g/mol. The Labute approximate surface area is 167 Å². The number of rotatable bonds is 7. The van der Waals surface area contributed by atoms with Crippen molar-refractivity contribution in [3.8, 4) is 5.75 Å². The van der Waals surface area contributed by atoms with Crippen molar-refractivity contribution in [3.63, 3.8) is 0 Å². The average Bonchev–Trinajstić information content (AvgIpc) is 2.69. The molecule has 0 spiro atoms. The van der Waals surface area contributed by atoms with Crippen molar-refractivity contribution >= 4 is 35.2 Å². The number of carbonyl (C=O) groups excluding carboxylic acids is 2. The summed E-state index contributed by atoms with van der Waals surface area (Å²) >= 11 is 7.63. The van der Waals surface area contributed by atoms with Gasteiger partial charge in [-0.15, -0.1) is 11.8 Å². The Balaban J connectivity index is 1.36. The molecule has 0 unspecified atom stereocenters. The SMILES string of the molecule is O=C(COC(=O)[C@H]1COc2ccc(Cl)cc2C1)NCCSc1ccccc1. The molecule has 142 valence electrons. The molecule has 0 radical (unpaired) electrons. The zero-order chi connectivity index (χ0) is 19.1. The maximum Gasteiger partial charge on any atom is 0.313 e. The first-order valence-electron chi connectivity index (χ1n) is 8.64. The first kappa shape index (κ1) is 19.6. The summed E-state index contributed by atoms with van der Waals surface area (Å²) in [5.41, 5.74) is 0.873. The Morgan fingerprint density at radius 1 is 1.22 bits per heavy atom. The molecule has 1 heterocycles. The average molecular weight is 406 g/mol. The molecule has 3 rings (SSSR count). The molecule has 1 aliphatic heterocycles. The van der Waals surface area contributed by atoms with Crippen LogP contribution in [0.3, 0.4) is 0 Å². The topological polar surface area (TPSA) is 64.6 Å². The Morgan fingerprint density at radius 3 is 2.85 bits per heavy atom. The van der Waals surface area contributed by atoms with Crippen LogP contribution in [-0.2, 0) is 20.7 Å². The van der Waals surface area contributed by atoms with Gasteiger partial charge in [-0.2, -0.15) is 0 Å². The third-order valence-electron chi connectivity index (χ3n) is 4.04. The zero-order valence-corrected chi connectivity index (χ0v) is 16.2. The summed E-state index contributed by atoms with van der Waals surface area (Å²) in [6, 6.07) is 15.3. The van der Waals surface area contributed by atoms with Crippen LogP contribution in [-0.4, -0.2) is 37.4 Å². The highest BCUT2D eigenvalue weighted by molar-refractivity contribution is 7.99. The van der Waals surface area contributed by atoms with Crippen LogP contribution >= 0.6 is 23.4 Å². The molecule has 0 aliphatic carbocycles. The van der Waals surface area contributed by atoms with Crippen LogP contribution in [0.1, 0.15) is 5.56 Å². The summed E-state index contributed by atoms with van der Waals surface area (Å²) in [6.45, 7) is 0.463. The predicted molar refractivity (Wildman–Crippen MR) is 105 cm³/mol. The Hall–Kier alpha value is -2.18. The van der Waals surface area contributed by atoms with Crippen molar-refractivity contribution in [2.45, 2.75) is 11.3 Å². The number of halogens is 1. The van der Waals surface area contributed by atoms with Crippen molar-refractivity contribution in [3.05, 3.63) is 59.1 Å². The molecule has 27 heavy (non-hydrogen) atoms. The van der Waals surface area contributed by atoms with Crippen LogP contribution in [0.5, 0.6) is 5.75 Å². The summed E-state index contributed by atoms with van der Waals surface area (Å²) in [7, 11) is 0. The fraction of sp³-hybridized carbons (Fsp3) is 0.300. The predicted octanol–water partition coefficient (Wildman–Crippen LogP) is 3.34. The number of carbonyl (C=O) groups is 2. The van der Waals surface area contributed by atoms with Gasteiger partial charge in [0.25, 0.3) is 5.91 Å². The molecule has 2 aromatic carbocycles. The molecule has 0 saturated carbocycles. The minimum Gasteiger partial charge on any atom is -0.492 e. The summed E-state index contributed by atoms with van der Waals surface area (Å²) in [5, 5.41) is 3.35. The van der Waals surface area contributed by atoms with Gasteiger partial charge >= 0.3 is 5.97 Å². The number of esters is 1. The molecule has 1 N–H and O–H groups in total. The molecule has 1 amide bonds. The summed E-state index contributed by atoms with van der Waals surface area (Å²) in [4.78, 5) is 25.2. The summed E-state index contributed by atoms with van der Waals surface area (Å²) in [6.07, 6.45) is 0.490. The van der Waals surface area contributed by atoms with E-state index in [-0.39, 0.29) is 19.1 Å². The van der Waals surface area contributed by atoms with Gasteiger partial charge in [-0.05, 0) is 42.3 Å². The zero-order valence-electron chi connectivity index (χ0n) is 14.7. The molecule has 5 nitrogen and oxygen atoms in total. The largest absolute Gasteiger partial charge is 0.492 e. The number of thioether (sulfide) groups is 1. The van der Waals surface area contributed by atoms with Gasteiger partial charge in [0.1, 0.15) is 12.4 Å². The van der Waals surface area contributed by atoms with Crippen LogP contribution < -0.4 is 10.1 Å². The second-order valence-electron chi connectivity index (χ2n) is 6.08. The van der Waals surface area contributed by atoms with Crippen molar-refractivity contribution in [2.75, 3.05) is 25.5 Å². The maximum atomic E-state index is 12.2. The van der Waals surface area contributed by atoms with Gasteiger partial charge < -0.3 is 14.8 Å². The number of fused-ring (bicyclic) bond motifs is 1. The van der Waals surface area contributed by atoms with Gasteiger partial charge in [-0.1, -0.05) is 29.8 Å². The van der Waals surface area contributed by atoms with Gasteiger partial charge in [0.2, 0.25) is 0 Å². The van der Waals surface area contributed by atoms with Gasteiger partial charge in [-0.25, -0.2) is 0 Å². The molecule has 1 atom stereocenters. The molecular weight excluding hydrogens is 386 g/mol. The molecule has 7 heteroatoms. The van der Waals surface area contributed by atoms with Gasteiger partial charge in [0.05, 0.1) is 5.92 Å². The Bertz CT molecular complexity index is 800. The maximum absolute atomic E-state index is 12.2. The fourth-order valence-electron chi connectivity index (χ4n) is 2.70. The van der Waals surface area contributed by atoms with Crippen LogP contribution in [0.25, 0.3) is 0 Å². The van der Waals surface area contributed by atoms with Gasteiger partial charge in [0, 0.05) is 22.2 Å². The molecule has 0 aromatic heterocycles. The van der Waals surface area contributed by atoms with Crippen LogP contribution in [0.4, 0.5) is 0 Å². The molecule has 0 bridgehead atoms. The first-order chi connectivity index (χ1) is 13.1. The standard InChI is InChI=1S/C20H20ClNO4S/c21-16-6-7-18-14(11-16)10-15(12-25-18)20(24)26-13-19(23)22-8-9-27-17-4-2-1-3-5-17/h1-7,11,15H,8-10,12-13H2,(H,22,23)/t15-/m1/s1. The Morgan fingerprint density at radius 2 is 2.04 bits per heavy atom. The van der Waals surface area contributed by atoms with Crippen LogP contribution in [0.15, 0.2) is 53.4 Å². The van der Waals surface area contributed by atoms with E-state index in [1.165, 1.54) is 0 Å². The van der Waals surface area contributed by atoms with E-state index in [0.29, 0.717) is 18.0 Å². The quantitative estimate of drug-likeness (QED) is 0.435. The third kappa shape index (κ3) is 5.91. The van der Waals surface area contributed by atoms with E-state index in [9.17, 15) is 9.59 Å². The first-order valence-corrected chi connectivity index (χ1v) is 10.0. The summed E-state index contributed by atoms with van der Waals surface area (Å²) in [5.74, 6) is 0.304. The van der Waals surface area contributed by atoms with E-state index in [1.807, 2.05) is 30.3 Å². The lowest BCUT2D eigenvalue weighted by atomic mass is 9.97. The number of hydrogen-bond donors (Lipinski definition) is 1. The number of amides is 1. The number of nitrogens with one attached hydrogen (secondary N) is 1. The van der Waals surface area contributed by atoms with Crippen molar-refractivity contribution in [1.82, 2.24) is 5.32 Å². The molecule has 1 aliphatic rings. The summed E-state index contributed by atoms with van der Waals surface area (Å²) < 4.78 is 10.7. The van der Waals surface area contributed by atoms with Gasteiger partial charge in [0.15, 0.2) is 6.61 Å². The van der Waals surface area contributed by atoms with Crippen molar-refractivity contribution < 1.29 is 19.1 Å². The number of benzene rings is 2. The van der Waals surface area contributed by atoms with E-state index in [0.717, 1.165) is 22.0 Å². The highest BCUT2D eigenvalue weighted by Gasteiger charge is 2.27. The molecular formula is C20H20ClNO4S. The lowest BCUT2D eigenvalue weighted by Gasteiger charge is -2.24. The van der Waals surface area contributed by atoms with E-state index in [4.69, 9.17) is 21.1 Å². The lowest BCUT2D eigenvalue weighted by Crippen LogP contribution is -2.34. The van der Waals surface area contributed by atoms with E-state index in [2.05, 4.69) is 5.32 Å². The highest BCUT2D eigenvalue weighted by atomic mass is 35.5. The van der Waals surface area contributed by atoms with Crippen molar-refractivity contribution in [2.24, 2.45) is 5.92 Å². The van der Waals surface area contributed by atoms with E-state index >= 15 is 0 Å².